The van der Waals surface area contributed by atoms with Crippen LogP contribution in [0.25, 0.3) is 22.8 Å². The van der Waals surface area contributed by atoms with Crippen LogP contribution in [-0.2, 0) is 0 Å². The summed E-state index contributed by atoms with van der Waals surface area (Å²) < 4.78 is 0. The molecule has 0 spiro atoms. The van der Waals surface area contributed by atoms with Crippen LogP contribution in [0.15, 0.2) is 56.5 Å². The van der Waals surface area contributed by atoms with E-state index < -0.39 is 0 Å². The van der Waals surface area contributed by atoms with Gasteiger partial charge in [-0.25, -0.2) is 0 Å². The molecule has 0 atom stereocenters. The Kier molecular flexibility index (Phi) is 3.63. The highest BCUT2D eigenvalue weighted by atomic mass is 32.1. The number of hydrogen-bond donors (Lipinski definition) is 1. The lowest BCUT2D eigenvalue weighted by Crippen LogP contribution is -1.84. The third-order valence-electron chi connectivity index (χ3n) is 3.85. The van der Waals surface area contributed by atoms with Crippen molar-refractivity contribution in [3.8, 4) is 11.1 Å². The molecule has 0 saturated carbocycles. The smallest absolute Gasteiger partial charge is 0.0733 e. The first-order chi connectivity index (χ1) is 11.2. The predicted octanol–water partition coefficient (Wildman–Crippen LogP) is 6.01. The molecule has 23 heavy (non-hydrogen) atoms. The zero-order valence-corrected chi connectivity index (χ0v) is 14.6. The van der Waals surface area contributed by atoms with E-state index >= 15 is 0 Å². The lowest BCUT2D eigenvalue weighted by Gasteiger charge is -2.03. The topological polar surface area (TPSA) is 28.1 Å². The van der Waals surface area contributed by atoms with Gasteiger partial charge in [-0.3, -0.25) is 4.99 Å². The zero-order valence-electron chi connectivity index (χ0n) is 13.0. The first-order valence-electron chi connectivity index (χ1n) is 7.44. The van der Waals surface area contributed by atoms with Gasteiger partial charge in [-0.1, -0.05) is 0 Å². The van der Waals surface area contributed by atoms with E-state index in [1.54, 1.807) is 22.7 Å². The van der Waals surface area contributed by atoms with E-state index in [2.05, 4.69) is 63.8 Å². The molecule has 1 aliphatic heterocycles. The van der Waals surface area contributed by atoms with Gasteiger partial charge in [0, 0.05) is 28.2 Å². The molecule has 1 N–H and O–H groups in total. The molecule has 0 unspecified atom stereocenters. The standard InChI is InChI=1S/C19H16N2S2/c1-12-7-16(14-3-5-22-10-14)18(20-12)9-19-17(8-13(2)21-19)15-4-6-23-11-15/h3-11,20H,1-2H3/b19-9-. The summed E-state index contributed by atoms with van der Waals surface area (Å²) in [7, 11) is 0. The first kappa shape index (κ1) is 14.4. The summed E-state index contributed by atoms with van der Waals surface area (Å²) in [6.45, 7) is 4.14. The number of nitrogens with one attached hydrogen (secondary N) is 1. The Morgan fingerprint density at radius 2 is 1.78 bits per heavy atom. The summed E-state index contributed by atoms with van der Waals surface area (Å²) in [5.41, 5.74) is 9.30. The lowest BCUT2D eigenvalue weighted by atomic mass is 10.0. The van der Waals surface area contributed by atoms with Crippen molar-refractivity contribution in [3.63, 3.8) is 0 Å². The molecular weight excluding hydrogens is 320 g/mol. The van der Waals surface area contributed by atoms with E-state index in [4.69, 9.17) is 4.99 Å². The van der Waals surface area contributed by atoms with Gasteiger partial charge in [-0.2, -0.15) is 22.7 Å². The number of nitrogens with zero attached hydrogens (tertiary/aromatic N) is 1. The number of thiophene rings is 2. The lowest BCUT2D eigenvalue weighted by molar-refractivity contribution is 1.24. The molecule has 0 aliphatic carbocycles. The van der Waals surface area contributed by atoms with Crippen molar-refractivity contribution in [2.45, 2.75) is 13.8 Å². The molecule has 3 aromatic heterocycles. The van der Waals surface area contributed by atoms with E-state index in [9.17, 15) is 0 Å². The Balaban J connectivity index is 1.80. The molecule has 4 rings (SSSR count). The molecule has 3 aromatic rings. The van der Waals surface area contributed by atoms with Gasteiger partial charge >= 0.3 is 0 Å². The summed E-state index contributed by atoms with van der Waals surface area (Å²) in [5.74, 6) is 0. The monoisotopic (exact) mass is 336 g/mol. The minimum absolute atomic E-state index is 1.03. The molecule has 2 nitrogen and oxygen atoms in total. The molecule has 0 aromatic carbocycles. The molecule has 4 heteroatoms. The summed E-state index contributed by atoms with van der Waals surface area (Å²) in [6, 6.07) is 6.51. The SMILES string of the molecule is CC1=N/C(=C\c2[nH]c(C)cc2-c2ccsc2)C(c2ccsc2)=C1. The van der Waals surface area contributed by atoms with Crippen molar-refractivity contribution in [2.75, 3.05) is 0 Å². The Morgan fingerprint density at radius 3 is 2.48 bits per heavy atom. The Labute approximate surface area is 143 Å². The molecule has 0 fully saturated rings. The third-order valence-corrected chi connectivity index (χ3v) is 5.22. The summed E-state index contributed by atoms with van der Waals surface area (Å²) in [6.07, 6.45) is 4.33. The van der Waals surface area contributed by atoms with Gasteiger partial charge < -0.3 is 4.98 Å². The molecular formula is C19H16N2S2. The maximum Gasteiger partial charge on any atom is 0.0733 e. The molecule has 1 aliphatic rings. The zero-order chi connectivity index (χ0) is 15.8. The average Bonchev–Trinajstić information content (AvgIpc) is 3.27. The third kappa shape index (κ3) is 2.76. The van der Waals surface area contributed by atoms with E-state index in [0.29, 0.717) is 0 Å². The maximum atomic E-state index is 4.73. The number of aromatic nitrogens is 1. The summed E-state index contributed by atoms with van der Waals surface area (Å²) >= 11 is 3.44. The second kappa shape index (κ2) is 5.80. The van der Waals surface area contributed by atoms with Gasteiger partial charge in [-0.15, -0.1) is 0 Å². The number of hydrogen-bond acceptors (Lipinski definition) is 3. The van der Waals surface area contributed by atoms with Crippen LogP contribution < -0.4 is 0 Å². The Morgan fingerprint density at radius 1 is 1.04 bits per heavy atom. The van der Waals surface area contributed by atoms with Gasteiger partial charge in [-0.05, 0) is 76.8 Å². The minimum Gasteiger partial charge on any atom is -0.359 e. The average molecular weight is 336 g/mol. The van der Waals surface area contributed by atoms with Gasteiger partial charge in [0.2, 0.25) is 0 Å². The molecule has 0 amide bonds. The fourth-order valence-corrected chi connectivity index (χ4v) is 4.15. The first-order valence-corrected chi connectivity index (χ1v) is 9.33. The largest absolute Gasteiger partial charge is 0.359 e. The van der Waals surface area contributed by atoms with Crippen LogP contribution in [-0.4, -0.2) is 10.7 Å². The number of allylic oxidation sites excluding steroid dienone is 2. The van der Waals surface area contributed by atoms with E-state index in [-0.39, 0.29) is 0 Å². The summed E-state index contributed by atoms with van der Waals surface area (Å²) in [5, 5.41) is 8.58. The fourth-order valence-electron chi connectivity index (χ4n) is 2.84. The number of rotatable bonds is 3. The molecule has 0 radical (unpaired) electrons. The highest BCUT2D eigenvalue weighted by Gasteiger charge is 2.16. The van der Waals surface area contributed by atoms with Crippen LogP contribution in [0, 0.1) is 6.92 Å². The second-order valence-electron chi connectivity index (χ2n) is 5.64. The fraction of sp³-hybridized carbons (Fsp3) is 0.105. The van der Waals surface area contributed by atoms with Gasteiger partial charge in [0.25, 0.3) is 0 Å². The minimum atomic E-state index is 1.03. The van der Waals surface area contributed by atoms with Crippen LogP contribution >= 0.6 is 22.7 Å². The normalized spacial score (nSPS) is 16.0. The van der Waals surface area contributed by atoms with E-state index in [0.717, 1.165) is 22.8 Å². The van der Waals surface area contributed by atoms with Crippen molar-refractivity contribution in [1.82, 2.24) is 4.98 Å². The highest BCUT2D eigenvalue weighted by Crippen LogP contribution is 2.34. The van der Waals surface area contributed by atoms with Gasteiger partial charge in [0.1, 0.15) is 0 Å². The quantitative estimate of drug-likeness (QED) is 0.606. The Bertz CT molecular complexity index is 920. The van der Waals surface area contributed by atoms with Crippen molar-refractivity contribution in [2.24, 2.45) is 4.99 Å². The number of aryl methyl sites for hydroxylation is 1. The van der Waals surface area contributed by atoms with Crippen molar-refractivity contribution in [3.05, 3.63) is 68.4 Å². The van der Waals surface area contributed by atoms with Crippen LogP contribution in [0.3, 0.4) is 0 Å². The van der Waals surface area contributed by atoms with Crippen molar-refractivity contribution < 1.29 is 0 Å². The second-order valence-corrected chi connectivity index (χ2v) is 7.20. The molecule has 0 bridgehead atoms. The molecule has 4 heterocycles. The van der Waals surface area contributed by atoms with Crippen molar-refractivity contribution in [1.29, 1.82) is 0 Å². The molecule has 114 valence electrons. The van der Waals surface area contributed by atoms with Crippen LogP contribution in [0.1, 0.15) is 23.9 Å². The van der Waals surface area contributed by atoms with Crippen molar-refractivity contribution >= 4 is 40.0 Å². The van der Waals surface area contributed by atoms with Gasteiger partial charge in [0.15, 0.2) is 0 Å². The molecule has 0 saturated heterocycles. The highest BCUT2D eigenvalue weighted by molar-refractivity contribution is 7.08. The van der Waals surface area contributed by atoms with Crippen LogP contribution in [0.4, 0.5) is 0 Å². The van der Waals surface area contributed by atoms with Crippen LogP contribution in [0.2, 0.25) is 0 Å². The maximum absolute atomic E-state index is 4.73. The van der Waals surface area contributed by atoms with Gasteiger partial charge in [0.05, 0.1) is 5.70 Å². The number of aliphatic imine (C=N–C) groups is 1. The Hall–Kier alpha value is -2.17. The number of H-pyrrole nitrogens is 1. The predicted molar refractivity (Wildman–Crippen MR) is 102 cm³/mol. The van der Waals surface area contributed by atoms with E-state index in [1.165, 1.54) is 22.3 Å². The summed E-state index contributed by atoms with van der Waals surface area (Å²) in [4.78, 5) is 8.20. The van der Waals surface area contributed by atoms with Crippen LogP contribution in [0.5, 0.6) is 0 Å². The van der Waals surface area contributed by atoms with E-state index in [1.807, 2.05) is 6.92 Å². The number of aromatic amines is 1.